The summed E-state index contributed by atoms with van der Waals surface area (Å²) in [6.07, 6.45) is 3.21. The zero-order valence-electron chi connectivity index (χ0n) is 12.6. The van der Waals surface area contributed by atoms with Crippen molar-refractivity contribution in [1.82, 2.24) is 15.0 Å². The normalized spacial score (nSPS) is 10.3. The van der Waals surface area contributed by atoms with E-state index in [-0.39, 0.29) is 5.91 Å². The molecule has 1 amide bonds. The average Bonchev–Trinajstić information content (AvgIpc) is 3.03. The number of aromatic nitrogens is 3. The highest BCUT2D eigenvalue weighted by Gasteiger charge is 2.11. The third kappa shape index (κ3) is 3.35. The number of benzene rings is 1. The van der Waals surface area contributed by atoms with E-state index in [0.29, 0.717) is 16.4 Å². The molecule has 0 atom stereocenters. The number of anilines is 1. The van der Waals surface area contributed by atoms with E-state index in [1.165, 1.54) is 17.7 Å². The average molecular weight is 326 g/mol. The highest BCUT2D eigenvalue weighted by atomic mass is 32.1. The van der Waals surface area contributed by atoms with E-state index in [4.69, 9.17) is 4.74 Å². The summed E-state index contributed by atoms with van der Waals surface area (Å²) in [6.45, 7) is 1.89. The van der Waals surface area contributed by atoms with E-state index in [9.17, 15) is 4.79 Å². The van der Waals surface area contributed by atoms with Crippen LogP contribution in [-0.2, 0) is 0 Å². The van der Waals surface area contributed by atoms with Gasteiger partial charge in [-0.3, -0.25) is 10.1 Å². The van der Waals surface area contributed by atoms with Crippen molar-refractivity contribution in [2.24, 2.45) is 0 Å². The van der Waals surface area contributed by atoms with E-state index in [0.717, 1.165) is 17.0 Å². The van der Waals surface area contributed by atoms with Crippen molar-refractivity contribution in [2.45, 2.75) is 6.92 Å². The van der Waals surface area contributed by atoms with Crippen LogP contribution >= 0.6 is 11.3 Å². The highest BCUT2D eigenvalue weighted by molar-refractivity contribution is 7.14. The summed E-state index contributed by atoms with van der Waals surface area (Å²) in [7, 11) is 1.58. The van der Waals surface area contributed by atoms with Crippen molar-refractivity contribution < 1.29 is 9.53 Å². The summed E-state index contributed by atoms with van der Waals surface area (Å²) in [5.41, 5.74) is 2.99. The van der Waals surface area contributed by atoms with E-state index >= 15 is 0 Å². The van der Waals surface area contributed by atoms with Crippen LogP contribution in [0.1, 0.15) is 16.1 Å². The number of carbonyl (C=O) groups is 1. The molecule has 2 aromatic heterocycles. The van der Waals surface area contributed by atoms with Gasteiger partial charge in [0, 0.05) is 22.7 Å². The number of carbonyl (C=O) groups excluding carboxylic acids is 1. The molecule has 0 saturated heterocycles. The summed E-state index contributed by atoms with van der Waals surface area (Å²) in [5.74, 6) is 0.493. The number of methoxy groups -OCH3 is 1. The lowest BCUT2D eigenvalue weighted by Crippen LogP contribution is -2.11. The van der Waals surface area contributed by atoms with Crippen molar-refractivity contribution in [3.05, 3.63) is 53.4 Å². The molecular weight excluding hydrogens is 312 g/mol. The molecular formula is C16H14N4O2S. The van der Waals surface area contributed by atoms with Gasteiger partial charge < -0.3 is 4.74 Å². The first-order valence-corrected chi connectivity index (χ1v) is 7.73. The fourth-order valence-electron chi connectivity index (χ4n) is 2.01. The van der Waals surface area contributed by atoms with Crippen LogP contribution in [-0.4, -0.2) is 28.0 Å². The molecule has 6 nitrogen and oxygen atoms in total. The third-order valence-corrected chi connectivity index (χ3v) is 4.02. The van der Waals surface area contributed by atoms with Crippen molar-refractivity contribution in [2.75, 3.05) is 12.4 Å². The maximum Gasteiger partial charge on any atom is 0.257 e. The lowest BCUT2D eigenvalue weighted by atomic mass is 10.2. The first-order valence-electron chi connectivity index (χ1n) is 6.85. The lowest BCUT2D eigenvalue weighted by molar-refractivity contribution is 0.102. The molecule has 0 aliphatic carbocycles. The Kier molecular flexibility index (Phi) is 4.29. The molecule has 0 aliphatic rings. The Morgan fingerprint density at radius 3 is 2.74 bits per heavy atom. The minimum absolute atomic E-state index is 0.213. The van der Waals surface area contributed by atoms with Crippen molar-refractivity contribution >= 4 is 22.4 Å². The number of amides is 1. The van der Waals surface area contributed by atoms with Crippen LogP contribution in [0.5, 0.6) is 5.75 Å². The Bertz CT molecular complexity index is 830. The Balaban J connectivity index is 1.76. The van der Waals surface area contributed by atoms with Crippen molar-refractivity contribution in [1.29, 1.82) is 0 Å². The molecule has 0 unspecified atom stereocenters. The number of thiazole rings is 1. The molecule has 0 bridgehead atoms. The number of rotatable bonds is 4. The van der Waals surface area contributed by atoms with Gasteiger partial charge in [-0.25, -0.2) is 15.0 Å². The summed E-state index contributed by atoms with van der Waals surface area (Å²) < 4.78 is 5.08. The van der Waals surface area contributed by atoms with Crippen LogP contribution in [0.3, 0.4) is 0 Å². The topological polar surface area (TPSA) is 77.0 Å². The summed E-state index contributed by atoms with van der Waals surface area (Å²) in [5, 5.41) is 5.19. The monoisotopic (exact) mass is 326 g/mol. The molecule has 0 fully saturated rings. The van der Waals surface area contributed by atoms with Gasteiger partial charge in [-0.1, -0.05) is 0 Å². The highest BCUT2D eigenvalue weighted by Crippen LogP contribution is 2.26. The Morgan fingerprint density at radius 2 is 2.04 bits per heavy atom. The predicted molar refractivity (Wildman–Crippen MR) is 88.8 cm³/mol. The smallest absolute Gasteiger partial charge is 0.257 e. The third-order valence-electron chi connectivity index (χ3n) is 3.26. The second-order valence-electron chi connectivity index (χ2n) is 4.74. The maximum atomic E-state index is 12.2. The molecule has 7 heteroatoms. The van der Waals surface area contributed by atoms with Gasteiger partial charge in [0.15, 0.2) is 5.13 Å². The molecule has 0 spiro atoms. The lowest BCUT2D eigenvalue weighted by Gasteiger charge is -2.03. The van der Waals surface area contributed by atoms with Crippen LogP contribution in [0, 0.1) is 6.92 Å². The fraction of sp³-hybridized carbons (Fsp3) is 0.125. The first kappa shape index (κ1) is 15.1. The van der Waals surface area contributed by atoms with Crippen LogP contribution in [0.4, 0.5) is 5.13 Å². The van der Waals surface area contributed by atoms with Gasteiger partial charge in [0.1, 0.15) is 12.1 Å². The second kappa shape index (κ2) is 6.53. The predicted octanol–water partition coefficient (Wildman–Crippen LogP) is 3.17. The zero-order chi connectivity index (χ0) is 16.2. The number of ether oxygens (including phenoxy) is 1. The number of nitrogens with zero attached hydrogens (tertiary/aromatic N) is 3. The molecule has 0 saturated carbocycles. The maximum absolute atomic E-state index is 12.2. The quantitative estimate of drug-likeness (QED) is 0.797. The van der Waals surface area contributed by atoms with Gasteiger partial charge in [0.05, 0.1) is 18.5 Å². The van der Waals surface area contributed by atoms with Crippen molar-refractivity contribution in [3.8, 4) is 17.0 Å². The number of aryl methyl sites for hydroxylation is 1. The minimum atomic E-state index is -0.213. The first-order chi connectivity index (χ1) is 11.2. The second-order valence-corrected chi connectivity index (χ2v) is 5.60. The van der Waals surface area contributed by atoms with Gasteiger partial charge >= 0.3 is 0 Å². The largest absolute Gasteiger partial charge is 0.497 e. The molecule has 0 radical (unpaired) electrons. The number of hydrogen-bond acceptors (Lipinski definition) is 6. The van der Waals surface area contributed by atoms with Gasteiger partial charge in [0.25, 0.3) is 5.91 Å². The number of hydrogen-bond donors (Lipinski definition) is 1. The van der Waals surface area contributed by atoms with E-state index in [1.807, 2.05) is 12.3 Å². The van der Waals surface area contributed by atoms with Crippen LogP contribution in [0.2, 0.25) is 0 Å². The molecule has 3 rings (SSSR count). The summed E-state index contributed by atoms with van der Waals surface area (Å²) >= 11 is 1.36. The van der Waals surface area contributed by atoms with Crippen LogP contribution in [0.15, 0.2) is 42.2 Å². The van der Waals surface area contributed by atoms with Gasteiger partial charge in [-0.15, -0.1) is 11.3 Å². The van der Waals surface area contributed by atoms with E-state index in [1.54, 1.807) is 37.6 Å². The Morgan fingerprint density at radius 1 is 1.26 bits per heavy atom. The van der Waals surface area contributed by atoms with E-state index < -0.39 is 0 Å². The molecule has 3 aromatic rings. The molecule has 2 heterocycles. The summed E-state index contributed by atoms with van der Waals surface area (Å²) in [4.78, 5) is 24.8. The number of nitrogens with one attached hydrogen (secondary N) is 1. The molecule has 1 aromatic carbocycles. The summed E-state index contributed by atoms with van der Waals surface area (Å²) in [6, 6.07) is 6.90. The Hall–Kier alpha value is -2.80. The van der Waals surface area contributed by atoms with Crippen LogP contribution in [0.25, 0.3) is 11.3 Å². The SMILES string of the molecule is COc1ccc(C(=O)Nc2nc(-c3cncnc3C)cs2)cc1. The molecule has 1 N–H and O–H groups in total. The standard InChI is InChI=1S/C16H14N4O2S/c1-10-13(7-17-9-18-10)14-8-23-16(19-14)20-15(21)11-3-5-12(22-2)6-4-11/h3-9H,1-2H3,(H,19,20,21). The van der Waals surface area contributed by atoms with Gasteiger partial charge in [-0.05, 0) is 31.2 Å². The molecule has 0 aliphatic heterocycles. The van der Waals surface area contributed by atoms with Gasteiger partial charge in [-0.2, -0.15) is 0 Å². The van der Waals surface area contributed by atoms with E-state index in [2.05, 4.69) is 20.3 Å². The fourth-order valence-corrected chi connectivity index (χ4v) is 2.71. The van der Waals surface area contributed by atoms with Crippen LogP contribution < -0.4 is 10.1 Å². The Labute approximate surface area is 137 Å². The molecule has 116 valence electrons. The minimum Gasteiger partial charge on any atom is -0.497 e. The van der Waals surface area contributed by atoms with Gasteiger partial charge in [0.2, 0.25) is 0 Å². The molecule has 23 heavy (non-hydrogen) atoms. The van der Waals surface area contributed by atoms with Crippen molar-refractivity contribution in [3.63, 3.8) is 0 Å². The zero-order valence-corrected chi connectivity index (χ0v) is 13.4.